The van der Waals surface area contributed by atoms with Crippen LogP contribution in [0.1, 0.15) is 15.9 Å². The number of nitrogens with one attached hydrogen (secondary N) is 1. The summed E-state index contributed by atoms with van der Waals surface area (Å²) in [6.45, 7) is 0. The average Bonchev–Trinajstić information content (AvgIpc) is 3.20. The zero-order chi connectivity index (χ0) is 23.8. The van der Waals surface area contributed by atoms with Crippen LogP contribution in [-0.2, 0) is 13.2 Å². The van der Waals surface area contributed by atoms with Gasteiger partial charge in [-0.3, -0.25) is 9.48 Å². The van der Waals surface area contributed by atoms with Crippen LogP contribution in [0.2, 0.25) is 0 Å². The second kappa shape index (κ2) is 8.30. The summed E-state index contributed by atoms with van der Waals surface area (Å²) in [5.74, 6) is -0.822. The second-order valence-electron chi connectivity index (χ2n) is 7.31. The number of nitrogen functional groups attached to an aromatic ring is 1. The van der Waals surface area contributed by atoms with Gasteiger partial charge >= 0.3 is 6.18 Å². The molecule has 10 heteroatoms. The minimum atomic E-state index is -4.57. The van der Waals surface area contributed by atoms with E-state index in [9.17, 15) is 18.0 Å². The van der Waals surface area contributed by atoms with E-state index in [2.05, 4.69) is 15.4 Å². The van der Waals surface area contributed by atoms with Crippen molar-refractivity contribution in [3.63, 3.8) is 0 Å². The lowest BCUT2D eigenvalue weighted by molar-refractivity contribution is -0.137. The fraction of sp³-hybridized carbons (Fsp3) is 0.0870. The van der Waals surface area contributed by atoms with Crippen molar-refractivity contribution in [1.29, 1.82) is 0 Å². The summed E-state index contributed by atoms with van der Waals surface area (Å²) < 4.78 is 42.3. The molecule has 168 valence electrons. The molecule has 0 unspecified atom stereocenters. The molecule has 33 heavy (non-hydrogen) atoms. The van der Waals surface area contributed by atoms with Gasteiger partial charge in [0.2, 0.25) is 0 Å². The number of rotatable bonds is 5. The SMILES string of the molecule is Cn1ccc(-c2cc(Nc3cc(C(N)=O)c(N)nc3-c3ccccc3)ccc2C(F)(F)F)n1. The molecular formula is C23H19F3N6O. The highest BCUT2D eigenvalue weighted by atomic mass is 19.4. The van der Waals surface area contributed by atoms with Crippen LogP contribution in [0, 0.1) is 0 Å². The van der Waals surface area contributed by atoms with Gasteiger partial charge in [0.05, 0.1) is 28.2 Å². The highest BCUT2D eigenvalue weighted by Crippen LogP contribution is 2.39. The maximum Gasteiger partial charge on any atom is 0.417 e. The number of carbonyl (C=O) groups excluding carboxylic acids is 1. The number of carbonyl (C=O) groups is 1. The van der Waals surface area contributed by atoms with Crippen molar-refractivity contribution in [3.8, 4) is 22.5 Å². The van der Waals surface area contributed by atoms with Crippen LogP contribution in [0.15, 0.2) is 66.9 Å². The molecule has 4 rings (SSSR count). The summed E-state index contributed by atoms with van der Waals surface area (Å²) in [7, 11) is 1.62. The van der Waals surface area contributed by atoms with Gasteiger partial charge in [0.25, 0.3) is 5.91 Å². The Labute approximate surface area is 186 Å². The van der Waals surface area contributed by atoms with Gasteiger partial charge in [-0.05, 0) is 30.3 Å². The van der Waals surface area contributed by atoms with Gasteiger partial charge in [0.15, 0.2) is 0 Å². The minimum absolute atomic E-state index is 0.00552. The Kier molecular flexibility index (Phi) is 5.50. The smallest absolute Gasteiger partial charge is 0.383 e. The molecule has 0 spiro atoms. The van der Waals surface area contributed by atoms with E-state index in [1.165, 1.54) is 28.9 Å². The third-order valence-electron chi connectivity index (χ3n) is 4.96. The van der Waals surface area contributed by atoms with E-state index >= 15 is 0 Å². The summed E-state index contributed by atoms with van der Waals surface area (Å²) in [6.07, 6.45) is -3.01. The van der Waals surface area contributed by atoms with Crippen LogP contribution in [0.4, 0.5) is 30.4 Å². The van der Waals surface area contributed by atoms with Crippen molar-refractivity contribution in [2.45, 2.75) is 6.18 Å². The molecular weight excluding hydrogens is 433 g/mol. The predicted molar refractivity (Wildman–Crippen MR) is 120 cm³/mol. The Morgan fingerprint density at radius 2 is 1.79 bits per heavy atom. The number of nitrogens with two attached hydrogens (primary N) is 2. The van der Waals surface area contributed by atoms with E-state index in [0.29, 0.717) is 22.6 Å². The third kappa shape index (κ3) is 4.49. The zero-order valence-electron chi connectivity index (χ0n) is 17.4. The quantitative estimate of drug-likeness (QED) is 0.410. The molecule has 2 aromatic carbocycles. The molecule has 0 aliphatic heterocycles. The number of anilines is 3. The lowest BCUT2D eigenvalue weighted by atomic mass is 10.0. The van der Waals surface area contributed by atoms with E-state index in [-0.39, 0.29) is 22.6 Å². The topological polar surface area (TPSA) is 112 Å². The number of benzene rings is 2. The Morgan fingerprint density at radius 1 is 1.06 bits per heavy atom. The van der Waals surface area contributed by atoms with Crippen LogP contribution in [0.3, 0.4) is 0 Å². The lowest BCUT2D eigenvalue weighted by Crippen LogP contribution is -2.15. The number of nitrogens with zero attached hydrogens (tertiary/aromatic N) is 3. The molecule has 1 amide bonds. The molecule has 0 atom stereocenters. The largest absolute Gasteiger partial charge is 0.417 e. The Bertz CT molecular complexity index is 1330. The Morgan fingerprint density at radius 3 is 2.39 bits per heavy atom. The zero-order valence-corrected chi connectivity index (χ0v) is 17.4. The average molecular weight is 452 g/mol. The van der Waals surface area contributed by atoms with Crippen molar-refractivity contribution >= 4 is 23.1 Å². The van der Waals surface area contributed by atoms with E-state index in [0.717, 1.165) is 6.07 Å². The summed E-state index contributed by atoms with van der Waals surface area (Å²) in [5.41, 5.74) is 12.4. The predicted octanol–water partition coefficient (Wildman–Crippen LogP) is 4.59. The standard InChI is InChI=1S/C23H19F3N6O/c1-32-10-9-18(31-32)15-11-14(7-8-17(15)23(24,25)26)29-19-12-16(22(28)33)21(27)30-20(19)13-5-3-2-4-6-13/h2-12,29H,1H3,(H2,27,30)(H2,28,33). The number of hydrogen-bond donors (Lipinski definition) is 3. The number of alkyl halides is 3. The normalized spacial score (nSPS) is 11.4. The van der Waals surface area contributed by atoms with E-state index in [1.54, 1.807) is 37.5 Å². The van der Waals surface area contributed by atoms with Gasteiger partial charge in [-0.2, -0.15) is 18.3 Å². The highest BCUT2D eigenvalue weighted by molar-refractivity contribution is 5.99. The molecule has 0 aliphatic rings. The fourth-order valence-corrected chi connectivity index (χ4v) is 3.43. The summed E-state index contributed by atoms with van der Waals surface area (Å²) in [5, 5.41) is 7.18. The second-order valence-corrected chi connectivity index (χ2v) is 7.31. The molecule has 2 aromatic heterocycles. The third-order valence-corrected chi connectivity index (χ3v) is 4.96. The van der Waals surface area contributed by atoms with Crippen LogP contribution in [0.25, 0.3) is 22.5 Å². The first kappa shape index (κ1) is 21.9. The molecule has 0 saturated heterocycles. The Balaban J connectivity index is 1.85. The van der Waals surface area contributed by atoms with Crippen LogP contribution >= 0.6 is 0 Å². The monoisotopic (exact) mass is 452 g/mol. The molecule has 5 N–H and O–H groups in total. The molecule has 0 fully saturated rings. The molecule has 0 bridgehead atoms. The first-order chi connectivity index (χ1) is 15.6. The Hall–Kier alpha value is -4.34. The number of aromatic nitrogens is 3. The molecule has 0 saturated carbocycles. The van der Waals surface area contributed by atoms with Crippen molar-refractivity contribution in [1.82, 2.24) is 14.8 Å². The van der Waals surface area contributed by atoms with Gasteiger partial charge in [0, 0.05) is 30.1 Å². The summed E-state index contributed by atoms with van der Waals surface area (Å²) >= 11 is 0. The van der Waals surface area contributed by atoms with Gasteiger partial charge in [-0.1, -0.05) is 30.3 Å². The van der Waals surface area contributed by atoms with E-state index in [4.69, 9.17) is 11.5 Å². The van der Waals surface area contributed by atoms with Gasteiger partial charge in [0.1, 0.15) is 5.82 Å². The number of pyridine rings is 1. The minimum Gasteiger partial charge on any atom is -0.383 e. The van der Waals surface area contributed by atoms with Crippen molar-refractivity contribution < 1.29 is 18.0 Å². The van der Waals surface area contributed by atoms with Gasteiger partial charge in [-0.15, -0.1) is 0 Å². The first-order valence-electron chi connectivity index (χ1n) is 9.77. The molecule has 7 nitrogen and oxygen atoms in total. The number of primary amides is 1. The van der Waals surface area contributed by atoms with E-state index in [1.807, 2.05) is 6.07 Å². The first-order valence-corrected chi connectivity index (χ1v) is 9.77. The molecule has 4 aromatic rings. The number of amides is 1. The van der Waals surface area contributed by atoms with E-state index < -0.39 is 17.6 Å². The van der Waals surface area contributed by atoms with Crippen LogP contribution < -0.4 is 16.8 Å². The number of halogens is 3. The lowest BCUT2D eigenvalue weighted by Gasteiger charge is -2.17. The summed E-state index contributed by atoms with van der Waals surface area (Å²) in [6, 6.07) is 15.6. The van der Waals surface area contributed by atoms with Crippen molar-refractivity contribution in [2.75, 3.05) is 11.1 Å². The molecule has 0 radical (unpaired) electrons. The summed E-state index contributed by atoms with van der Waals surface area (Å²) in [4.78, 5) is 16.1. The maximum absolute atomic E-state index is 13.6. The van der Waals surface area contributed by atoms with Crippen molar-refractivity contribution in [2.24, 2.45) is 12.8 Å². The van der Waals surface area contributed by atoms with Crippen LogP contribution in [-0.4, -0.2) is 20.7 Å². The maximum atomic E-state index is 13.6. The number of hydrogen-bond acceptors (Lipinski definition) is 5. The fourth-order valence-electron chi connectivity index (χ4n) is 3.43. The molecule has 0 aliphatic carbocycles. The van der Waals surface area contributed by atoms with Gasteiger partial charge in [-0.25, -0.2) is 4.98 Å². The van der Waals surface area contributed by atoms with Crippen LogP contribution in [0.5, 0.6) is 0 Å². The van der Waals surface area contributed by atoms with Crippen molar-refractivity contribution in [3.05, 3.63) is 78.0 Å². The number of aryl methyl sites for hydroxylation is 1. The molecule has 2 heterocycles. The highest BCUT2D eigenvalue weighted by Gasteiger charge is 2.34. The van der Waals surface area contributed by atoms with Gasteiger partial charge < -0.3 is 16.8 Å².